The number of methoxy groups -OCH3 is 2. The van der Waals surface area contributed by atoms with E-state index in [4.69, 9.17) is 14.2 Å². The first kappa shape index (κ1) is 14.0. The van der Waals surface area contributed by atoms with Gasteiger partial charge in [-0.1, -0.05) is 0 Å². The molecule has 0 saturated carbocycles. The van der Waals surface area contributed by atoms with Gasteiger partial charge in [0.2, 0.25) is 5.76 Å². The molecule has 0 radical (unpaired) electrons. The lowest BCUT2D eigenvalue weighted by molar-refractivity contribution is -0.145. The third-order valence-electron chi connectivity index (χ3n) is 3.37. The van der Waals surface area contributed by atoms with Crippen molar-refractivity contribution in [3.05, 3.63) is 34.6 Å². The first-order valence-electron chi connectivity index (χ1n) is 5.90. The maximum atomic E-state index is 12.0. The number of esters is 2. The Labute approximate surface area is 115 Å². The highest BCUT2D eigenvalue weighted by Gasteiger charge is 2.54. The van der Waals surface area contributed by atoms with E-state index < -0.39 is 17.5 Å². The van der Waals surface area contributed by atoms with Crippen LogP contribution in [0.3, 0.4) is 0 Å². The van der Waals surface area contributed by atoms with Crippen LogP contribution in [-0.4, -0.2) is 37.5 Å². The zero-order valence-corrected chi connectivity index (χ0v) is 11.6. The maximum Gasteiger partial charge on any atom is 0.375 e. The molecule has 106 valence electrons. The van der Waals surface area contributed by atoms with Gasteiger partial charge in [-0.25, -0.2) is 9.59 Å². The fourth-order valence-corrected chi connectivity index (χ4v) is 2.33. The smallest absolute Gasteiger partial charge is 0.375 e. The van der Waals surface area contributed by atoms with Crippen molar-refractivity contribution in [1.29, 1.82) is 0 Å². The van der Waals surface area contributed by atoms with Crippen molar-refractivity contribution in [2.24, 2.45) is 0 Å². The molecule has 1 spiro atoms. The molecule has 6 nitrogen and oxygen atoms in total. The topological polar surface area (TPSA) is 78.9 Å². The molecule has 1 atom stereocenters. The minimum absolute atomic E-state index is 0.0481. The third-order valence-corrected chi connectivity index (χ3v) is 3.37. The van der Waals surface area contributed by atoms with Gasteiger partial charge in [-0.05, 0) is 37.1 Å². The Morgan fingerprint density at radius 3 is 2.45 bits per heavy atom. The Kier molecular flexibility index (Phi) is 3.25. The number of rotatable bonds is 2. The van der Waals surface area contributed by atoms with E-state index in [0.29, 0.717) is 11.1 Å². The van der Waals surface area contributed by atoms with Gasteiger partial charge in [0.15, 0.2) is 11.4 Å². The molecular weight excluding hydrogens is 264 g/mol. The summed E-state index contributed by atoms with van der Waals surface area (Å²) in [5.74, 6) is -1.90. The summed E-state index contributed by atoms with van der Waals surface area (Å²) in [7, 11) is 2.46. The predicted octanol–water partition coefficient (Wildman–Crippen LogP) is 0.831. The summed E-state index contributed by atoms with van der Waals surface area (Å²) in [5.41, 5.74) is -0.669. The Morgan fingerprint density at radius 2 is 1.90 bits per heavy atom. The van der Waals surface area contributed by atoms with Crippen LogP contribution in [0.5, 0.6) is 0 Å². The fraction of sp³-hybridized carbons (Fsp3) is 0.357. The quantitative estimate of drug-likeness (QED) is 0.696. The molecule has 1 unspecified atom stereocenters. The lowest BCUT2D eigenvalue weighted by atomic mass is 9.80. The summed E-state index contributed by atoms with van der Waals surface area (Å²) < 4.78 is 15.0. The molecule has 0 amide bonds. The number of hydrogen-bond acceptors (Lipinski definition) is 6. The van der Waals surface area contributed by atoms with Crippen LogP contribution >= 0.6 is 0 Å². The molecule has 0 fully saturated rings. The summed E-state index contributed by atoms with van der Waals surface area (Å²) in [6.45, 7) is 3.19. The number of carbonyl (C=O) groups is 3. The van der Waals surface area contributed by atoms with Crippen LogP contribution in [0.4, 0.5) is 0 Å². The molecule has 1 heterocycles. The fourth-order valence-electron chi connectivity index (χ4n) is 2.33. The van der Waals surface area contributed by atoms with E-state index in [0.717, 1.165) is 0 Å². The van der Waals surface area contributed by atoms with Crippen LogP contribution in [0, 0.1) is 0 Å². The minimum atomic E-state index is -1.42. The second kappa shape index (κ2) is 4.63. The molecule has 2 aliphatic rings. The van der Waals surface area contributed by atoms with Crippen molar-refractivity contribution < 1.29 is 28.6 Å². The molecule has 0 aromatic heterocycles. The largest absolute Gasteiger partial charge is 0.489 e. The summed E-state index contributed by atoms with van der Waals surface area (Å²) in [4.78, 5) is 35.6. The second-order valence-corrected chi connectivity index (χ2v) is 4.54. The molecule has 0 bridgehead atoms. The molecule has 0 aromatic rings. The predicted molar refractivity (Wildman–Crippen MR) is 67.4 cm³/mol. The Bertz CT molecular complexity index is 607. The first-order valence-corrected chi connectivity index (χ1v) is 5.90. The highest BCUT2D eigenvalue weighted by Crippen LogP contribution is 2.43. The molecule has 0 saturated heterocycles. The van der Waals surface area contributed by atoms with E-state index in [1.807, 2.05) is 0 Å². The molecular formula is C14H14O6. The standard InChI is InChI=1S/C14H14O6/c1-7-6-14(8(2)5-9(7)15)10(12(16)19-4)11(18-3)13(17)20-14/h5-6H,1-4H3. The maximum absolute atomic E-state index is 12.0. The SMILES string of the molecule is COC(=O)C1=C(OC)C(=O)OC12C=C(C)C(=O)C=C2C. The zero-order chi connectivity index (χ0) is 15.1. The van der Waals surface area contributed by atoms with Crippen LogP contribution in [-0.2, 0) is 28.6 Å². The van der Waals surface area contributed by atoms with Gasteiger partial charge in [-0.15, -0.1) is 0 Å². The molecule has 20 heavy (non-hydrogen) atoms. The van der Waals surface area contributed by atoms with Crippen LogP contribution in [0.2, 0.25) is 0 Å². The first-order chi connectivity index (χ1) is 9.37. The van der Waals surface area contributed by atoms with Gasteiger partial charge in [0.05, 0.1) is 14.2 Å². The van der Waals surface area contributed by atoms with Crippen LogP contribution < -0.4 is 0 Å². The lowest BCUT2D eigenvalue weighted by Crippen LogP contribution is -2.38. The van der Waals surface area contributed by atoms with Crippen LogP contribution in [0.25, 0.3) is 0 Å². The van der Waals surface area contributed by atoms with E-state index in [-0.39, 0.29) is 17.1 Å². The van der Waals surface area contributed by atoms with Crippen molar-refractivity contribution in [2.45, 2.75) is 19.4 Å². The molecule has 1 aliphatic carbocycles. The summed E-state index contributed by atoms with van der Waals surface area (Å²) in [5, 5.41) is 0. The summed E-state index contributed by atoms with van der Waals surface area (Å²) >= 11 is 0. The minimum Gasteiger partial charge on any atom is -0.489 e. The van der Waals surface area contributed by atoms with E-state index in [1.165, 1.54) is 26.4 Å². The molecule has 6 heteroatoms. The van der Waals surface area contributed by atoms with Crippen LogP contribution in [0.1, 0.15) is 13.8 Å². The van der Waals surface area contributed by atoms with Gasteiger partial charge >= 0.3 is 11.9 Å². The second-order valence-electron chi connectivity index (χ2n) is 4.54. The van der Waals surface area contributed by atoms with E-state index in [9.17, 15) is 14.4 Å². The average Bonchev–Trinajstić information content (AvgIpc) is 2.68. The number of ketones is 1. The Balaban J connectivity index is 2.71. The number of hydrogen-bond donors (Lipinski definition) is 0. The third kappa shape index (κ3) is 1.76. The zero-order valence-electron chi connectivity index (χ0n) is 11.6. The highest BCUT2D eigenvalue weighted by molar-refractivity contribution is 6.10. The van der Waals surface area contributed by atoms with Crippen molar-refractivity contribution in [1.82, 2.24) is 0 Å². The van der Waals surface area contributed by atoms with E-state index in [2.05, 4.69) is 0 Å². The van der Waals surface area contributed by atoms with Gasteiger partial charge in [-0.3, -0.25) is 4.79 Å². The van der Waals surface area contributed by atoms with Crippen molar-refractivity contribution in [3.8, 4) is 0 Å². The number of ether oxygens (including phenoxy) is 3. The monoisotopic (exact) mass is 278 g/mol. The average molecular weight is 278 g/mol. The highest BCUT2D eigenvalue weighted by atomic mass is 16.6. The Morgan fingerprint density at radius 1 is 1.25 bits per heavy atom. The van der Waals surface area contributed by atoms with Crippen molar-refractivity contribution >= 4 is 17.7 Å². The molecule has 0 N–H and O–H groups in total. The lowest BCUT2D eigenvalue weighted by Gasteiger charge is -2.30. The summed E-state index contributed by atoms with van der Waals surface area (Å²) in [6, 6.07) is 0. The molecule has 0 aromatic carbocycles. The normalized spacial score (nSPS) is 25.4. The molecule has 2 rings (SSSR count). The van der Waals surface area contributed by atoms with Gasteiger partial charge < -0.3 is 14.2 Å². The van der Waals surface area contributed by atoms with Gasteiger partial charge in [0, 0.05) is 0 Å². The van der Waals surface area contributed by atoms with Crippen LogP contribution in [0.15, 0.2) is 34.6 Å². The van der Waals surface area contributed by atoms with E-state index in [1.54, 1.807) is 13.8 Å². The van der Waals surface area contributed by atoms with Gasteiger partial charge in [-0.2, -0.15) is 0 Å². The van der Waals surface area contributed by atoms with Crippen molar-refractivity contribution in [3.63, 3.8) is 0 Å². The van der Waals surface area contributed by atoms with Crippen molar-refractivity contribution in [2.75, 3.05) is 14.2 Å². The van der Waals surface area contributed by atoms with E-state index >= 15 is 0 Å². The van der Waals surface area contributed by atoms with Gasteiger partial charge in [0.25, 0.3) is 0 Å². The number of allylic oxidation sites excluding steroid dienone is 2. The van der Waals surface area contributed by atoms with Gasteiger partial charge in [0.1, 0.15) is 5.57 Å². The summed E-state index contributed by atoms with van der Waals surface area (Å²) in [6.07, 6.45) is 2.78. The Hall–Kier alpha value is -2.37. The number of carbonyl (C=O) groups excluding carboxylic acids is 3. The molecule has 1 aliphatic heterocycles.